The van der Waals surface area contributed by atoms with Gasteiger partial charge < -0.3 is 11.1 Å². The van der Waals surface area contributed by atoms with Crippen molar-refractivity contribution < 1.29 is 9.59 Å². The number of rotatable bonds is 5. The molecule has 2 amide bonds. The zero-order valence-corrected chi connectivity index (χ0v) is 13.5. The van der Waals surface area contributed by atoms with Crippen LogP contribution in [0.25, 0.3) is 0 Å². The summed E-state index contributed by atoms with van der Waals surface area (Å²) in [6.45, 7) is 4.04. The van der Waals surface area contributed by atoms with E-state index >= 15 is 0 Å². The summed E-state index contributed by atoms with van der Waals surface area (Å²) in [6, 6.07) is 5.68. The van der Waals surface area contributed by atoms with Crippen LogP contribution < -0.4 is 11.1 Å². The molecule has 1 aliphatic heterocycles. The Morgan fingerprint density at radius 1 is 1.45 bits per heavy atom. The molecule has 0 bridgehead atoms. The molecule has 0 saturated carbocycles. The van der Waals surface area contributed by atoms with Crippen molar-refractivity contribution in [1.82, 2.24) is 10.2 Å². The molecule has 22 heavy (non-hydrogen) atoms. The van der Waals surface area contributed by atoms with E-state index in [1.807, 2.05) is 30.0 Å². The van der Waals surface area contributed by atoms with Gasteiger partial charge in [-0.15, -0.1) is 0 Å². The fourth-order valence-corrected chi connectivity index (χ4v) is 3.00. The van der Waals surface area contributed by atoms with Crippen LogP contribution in [-0.4, -0.2) is 36.3 Å². The first-order chi connectivity index (χ1) is 10.5. The second-order valence-corrected chi connectivity index (χ2v) is 6.19. The molecular weight excluding hydrogens is 302 g/mol. The highest BCUT2D eigenvalue weighted by molar-refractivity contribution is 6.31. The van der Waals surface area contributed by atoms with Gasteiger partial charge >= 0.3 is 0 Å². The average molecular weight is 324 g/mol. The first-order valence-corrected chi connectivity index (χ1v) is 7.87. The molecule has 1 aromatic rings. The zero-order chi connectivity index (χ0) is 16.1. The van der Waals surface area contributed by atoms with E-state index in [1.54, 1.807) is 0 Å². The van der Waals surface area contributed by atoms with Gasteiger partial charge in [0.2, 0.25) is 11.8 Å². The van der Waals surface area contributed by atoms with Crippen LogP contribution in [0.1, 0.15) is 24.0 Å². The van der Waals surface area contributed by atoms with Gasteiger partial charge in [0, 0.05) is 18.1 Å². The topological polar surface area (TPSA) is 75.4 Å². The first-order valence-electron chi connectivity index (χ1n) is 7.49. The van der Waals surface area contributed by atoms with Gasteiger partial charge in [-0.05, 0) is 43.5 Å². The van der Waals surface area contributed by atoms with Gasteiger partial charge in [0.1, 0.15) is 0 Å². The maximum absolute atomic E-state index is 12.3. The minimum Gasteiger partial charge on any atom is -0.369 e. The Balaban J connectivity index is 1.89. The summed E-state index contributed by atoms with van der Waals surface area (Å²) >= 11 is 6.08. The van der Waals surface area contributed by atoms with Crippen LogP contribution >= 0.6 is 11.6 Å². The number of benzene rings is 1. The number of carbonyl (C=O) groups excluding carboxylic acids is 2. The van der Waals surface area contributed by atoms with Gasteiger partial charge in [-0.3, -0.25) is 14.5 Å². The Kier molecular flexibility index (Phi) is 5.80. The summed E-state index contributed by atoms with van der Waals surface area (Å²) in [7, 11) is 0. The maximum Gasteiger partial charge on any atom is 0.231 e. The van der Waals surface area contributed by atoms with Gasteiger partial charge in [0.05, 0.1) is 12.5 Å². The fraction of sp³-hybridized carbons (Fsp3) is 0.500. The van der Waals surface area contributed by atoms with Gasteiger partial charge in [-0.25, -0.2) is 0 Å². The quantitative estimate of drug-likeness (QED) is 0.861. The third-order valence-corrected chi connectivity index (χ3v) is 4.50. The van der Waals surface area contributed by atoms with Crippen LogP contribution in [0.3, 0.4) is 0 Å². The van der Waals surface area contributed by atoms with Crippen molar-refractivity contribution in [3.63, 3.8) is 0 Å². The lowest BCUT2D eigenvalue weighted by Gasteiger charge is -2.31. The van der Waals surface area contributed by atoms with Crippen molar-refractivity contribution in [2.75, 3.05) is 19.6 Å². The van der Waals surface area contributed by atoms with Crippen molar-refractivity contribution in [2.45, 2.75) is 26.3 Å². The molecule has 0 unspecified atom stereocenters. The van der Waals surface area contributed by atoms with Crippen molar-refractivity contribution in [3.05, 3.63) is 34.3 Å². The van der Waals surface area contributed by atoms with Crippen LogP contribution in [0.2, 0.25) is 5.02 Å². The van der Waals surface area contributed by atoms with Gasteiger partial charge in [-0.2, -0.15) is 0 Å². The monoisotopic (exact) mass is 323 g/mol. The van der Waals surface area contributed by atoms with E-state index in [0.29, 0.717) is 18.1 Å². The van der Waals surface area contributed by atoms with Crippen LogP contribution in [0.4, 0.5) is 0 Å². The zero-order valence-electron chi connectivity index (χ0n) is 12.8. The van der Waals surface area contributed by atoms with Crippen molar-refractivity contribution in [1.29, 1.82) is 0 Å². The molecule has 6 heteroatoms. The summed E-state index contributed by atoms with van der Waals surface area (Å²) in [6.07, 6.45) is 1.75. The molecule has 5 nitrogen and oxygen atoms in total. The fourth-order valence-electron chi connectivity index (χ4n) is 2.80. The van der Waals surface area contributed by atoms with E-state index < -0.39 is 0 Å². The molecule has 120 valence electrons. The molecule has 2 rings (SSSR count). The Hall–Kier alpha value is -1.59. The maximum atomic E-state index is 12.3. The number of primary amides is 1. The standard InChI is InChI=1S/C16H22ClN3O2/c1-11-12(4-2-6-14(11)17)8-19-16(22)13-5-3-7-20(9-13)10-15(18)21/h2,4,6,13H,3,5,7-10H2,1H3,(H2,18,21)(H,19,22)/t13-/m0/s1. The second kappa shape index (κ2) is 7.61. The third kappa shape index (κ3) is 4.45. The lowest BCUT2D eigenvalue weighted by molar-refractivity contribution is -0.128. The van der Waals surface area contributed by atoms with Crippen LogP contribution in [0.5, 0.6) is 0 Å². The summed E-state index contributed by atoms with van der Waals surface area (Å²) in [5.41, 5.74) is 7.23. The molecule has 1 atom stereocenters. The lowest BCUT2D eigenvalue weighted by atomic mass is 9.97. The number of likely N-dealkylation sites (tertiary alicyclic amines) is 1. The SMILES string of the molecule is Cc1c(Cl)cccc1CNC(=O)[C@H]1CCCN(CC(N)=O)C1. The van der Waals surface area contributed by atoms with E-state index in [9.17, 15) is 9.59 Å². The van der Waals surface area contributed by atoms with E-state index in [1.165, 1.54) is 0 Å². The number of hydrogen-bond acceptors (Lipinski definition) is 3. The second-order valence-electron chi connectivity index (χ2n) is 5.78. The van der Waals surface area contributed by atoms with Crippen molar-refractivity contribution in [2.24, 2.45) is 11.7 Å². The predicted octanol–water partition coefficient (Wildman–Crippen LogP) is 1.46. The molecule has 0 radical (unpaired) electrons. The summed E-state index contributed by atoms with van der Waals surface area (Å²) < 4.78 is 0. The van der Waals surface area contributed by atoms with Crippen molar-refractivity contribution >= 4 is 23.4 Å². The van der Waals surface area contributed by atoms with Crippen molar-refractivity contribution in [3.8, 4) is 0 Å². The smallest absolute Gasteiger partial charge is 0.231 e. The molecule has 1 heterocycles. The van der Waals surface area contributed by atoms with E-state index in [2.05, 4.69) is 5.32 Å². The number of piperidine rings is 1. The van der Waals surface area contributed by atoms with Gasteiger partial charge in [0.25, 0.3) is 0 Å². The molecule has 0 spiro atoms. The van der Waals surface area contributed by atoms with E-state index in [0.717, 1.165) is 30.5 Å². The Labute approximate surface area is 135 Å². The first kappa shape index (κ1) is 16.8. The summed E-state index contributed by atoms with van der Waals surface area (Å²) in [5, 5.41) is 3.68. The Morgan fingerprint density at radius 2 is 2.23 bits per heavy atom. The molecule has 0 aliphatic carbocycles. The summed E-state index contributed by atoms with van der Waals surface area (Å²) in [4.78, 5) is 25.2. The normalized spacial score (nSPS) is 18.9. The largest absolute Gasteiger partial charge is 0.369 e. The Bertz CT molecular complexity index is 562. The van der Waals surface area contributed by atoms with E-state index in [4.69, 9.17) is 17.3 Å². The summed E-state index contributed by atoms with van der Waals surface area (Å²) in [5.74, 6) is -0.420. The van der Waals surface area contributed by atoms with Crippen LogP contribution in [0, 0.1) is 12.8 Å². The number of amides is 2. The Morgan fingerprint density at radius 3 is 2.95 bits per heavy atom. The minimum absolute atomic E-state index is 0.0218. The lowest BCUT2D eigenvalue weighted by Crippen LogP contribution is -2.45. The van der Waals surface area contributed by atoms with E-state index in [-0.39, 0.29) is 24.3 Å². The number of nitrogens with zero attached hydrogens (tertiary/aromatic N) is 1. The minimum atomic E-state index is -0.351. The third-order valence-electron chi connectivity index (χ3n) is 4.09. The number of nitrogens with one attached hydrogen (secondary N) is 1. The molecule has 0 aromatic heterocycles. The molecule has 3 N–H and O–H groups in total. The predicted molar refractivity (Wildman–Crippen MR) is 86.4 cm³/mol. The molecule has 1 fully saturated rings. The number of hydrogen-bond donors (Lipinski definition) is 2. The molecule has 1 saturated heterocycles. The highest BCUT2D eigenvalue weighted by Crippen LogP contribution is 2.19. The number of halogens is 1. The highest BCUT2D eigenvalue weighted by Gasteiger charge is 2.26. The van der Waals surface area contributed by atoms with Gasteiger partial charge in [0.15, 0.2) is 0 Å². The number of carbonyl (C=O) groups is 2. The van der Waals surface area contributed by atoms with Gasteiger partial charge in [-0.1, -0.05) is 23.7 Å². The number of nitrogens with two attached hydrogens (primary N) is 1. The molecule has 1 aliphatic rings. The average Bonchev–Trinajstić information content (AvgIpc) is 2.48. The molecule has 1 aromatic carbocycles. The van der Waals surface area contributed by atoms with Crippen LogP contribution in [0.15, 0.2) is 18.2 Å². The van der Waals surface area contributed by atoms with Crippen LogP contribution in [-0.2, 0) is 16.1 Å². The molecular formula is C16H22ClN3O2. The highest BCUT2D eigenvalue weighted by atomic mass is 35.5.